The van der Waals surface area contributed by atoms with Gasteiger partial charge in [-0.1, -0.05) is 64.7 Å². The van der Waals surface area contributed by atoms with E-state index in [4.69, 9.17) is 9.47 Å². The molecule has 1 aliphatic heterocycles. The summed E-state index contributed by atoms with van der Waals surface area (Å²) in [7, 11) is 3.71. The second kappa shape index (κ2) is 13.7. The summed E-state index contributed by atoms with van der Waals surface area (Å²) in [6, 6.07) is 0. The van der Waals surface area contributed by atoms with E-state index in [-0.39, 0.29) is 12.6 Å². The average molecular weight is 492 g/mol. The third kappa shape index (κ3) is 7.35. The molecule has 2 N–H and O–H groups in total. The standard InChI is InChI=1S/C25H41N5O5/c1-4-5-6-7-8-9-10-11-12-13-14-19(31)34-15-18-21(32)22(33)25(35-18)30-17-28-20-23(29(2)3)26-16-27-24(20)30/h16-18,21-22,25,32-33H,4-15H2,1-3H3/t18-,21-,22-,25-/m1/s1. The lowest BCUT2D eigenvalue weighted by Crippen LogP contribution is -2.34. The number of carbonyl (C=O) groups excluding carboxylic acids is 1. The van der Waals surface area contributed by atoms with E-state index in [1.807, 2.05) is 19.0 Å². The Labute approximate surface area is 207 Å². The predicted molar refractivity (Wildman–Crippen MR) is 133 cm³/mol. The number of fused-ring (bicyclic) bond motifs is 1. The van der Waals surface area contributed by atoms with Crippen molar-refractivity contribution in [1.29, 1.82) is 0 Å². The molecule has 4 atom stereocenters. The van der Waals surface area contributed by atoms with Crippen molar-refractivity contribution < 1.29 is 24.5 Å². The third-order valence-corrected chi connectivity index (χ3v) is 6.52. The number of unbranched alkanes of at least 4 members (excludes halogenated alkanes) is 9. The highest BCUT2D eigenvalue weighted by molar-refractivity contribution is 5.83. The van der Waals surface area contributed by atoms with Gasteiger partial charge in [-0.05, 0) is 6.42 Å². The van der Waals surface area contributed by atoms with Crippen molar-refractivity contribution in [3.63, 3.8) is 0 Å². The summed E-state index contributed by atoms with van der Waals surface area (Å²) in [6.07, 6.45) is 11.1. The monoisotopic (exact) mass is 491 g/mol. The first kappa shape index (κ1) is 27.3. The minimum Gasteiger partial charge on any atom is -0.463 e. The van der Waals surface area contributed by atoms with Crippen molar-refractivity contribution in [2.75, 3.05) is 25.6 Å². The molecule has 10 heteroatoms. The van der Waals surface area contributed by atoms with Crippen molar-refractivity contribution in [2.24, 2.45) is 0 Å². The van der Waals surface area contributed by atoms with E-state index in [0.717, 1.165) is 19.3 Å². The molecule has 1 aliphatic rings. The van der Waals surface area contributed by atoms with Gasteiger partial charge in [0.2, 0.25) is 0 Å². The van der Waals surface area contributed by atoms with Crippen LogP contribution >= 0.6 is 0 Å². The summed E-state index contributed by atoms with van der Waals surface area (Å²) in [5, 5.41) is 21.1. The largest absolute Gasteiger partial charge is 0.463 e. The van der Waals surface area contributed by atoms with E-state index >= 15 is 0 Å². The zero-order valence-corrected chi connectivity index (χ0v) is 21.3. The number of carbonyl (C=O) groups is 1. The van der Waals surface area contributed by atoms with E-state index in [2.05, 4.69) is 21.9 Å². The second-order valence-electron chi connectivity index (χ2n) is 9.58. The lowest BCUT2D eigenvalue weighted by atomic mass is 10.1. The van der Waals surface area contributed by atoms with Gasteiger partial charge in [0.1, 0.15) is 31.2 Å². The number of anilines is 1. The number of aliphatic hydroxyl groups is 2. The highest BCUT2D eigenvalue weighted by Crippen LogP contribution is 2.32. The van der Waals surface area contributed by atoms with Crippen LogP contribution in [-0.4, -0.2) is 74.7 Å². The number of aromatic nitrogens is 4. The van der Waals surface area contributed by atoms with Crippen LogP contribution in [0.5, 0.6) is 0 Å². The summed E-state index contributed by atoms with van der Waals surface area (Å²) in [4.78, 5) is 26.8. The Hall–Kier alpha value is -2.30. The molecular weight excluding hydrogens is 450 g/mol. The highest BCUT2D eigenvalue weighted by atomic mass is 16.6. The molecule has 2 aromatic heterocycles. The molecule has 0 bridgehead atoms. The first-order valence-corrected chi connectivity index (χ1v) is 13.0. The van der Waals surface area contributed by atoms with Crippen molar-refractivity contribution in [3.8, 4) is 0 Å². The number of hydrogen-bond donors (Lipinski definition) is 2. The topological polar surface area (TPSA) is 123 Å². The highest BCUT2D eigenvalue weighted by Gasteiger charge is 2.45. The van der Waals surface area contributed by atoms with Crippen LogP contribution in [0.4, 0.5) is 5.82 Å². The number of nitrogens with zero attached hydrogens (tertiary/aromatic N) is 5. The van der Waals surface area contributed by atoms with Crippen LogP contribution in [0.1, 0.15) is 83.8 Å². The Morgan fingerprint density at radius 3 is 2.31 bits per heavy atom. The van der Waals surface area contributed by atoms with Crippen LogP contribution in [-0.2, 0) is 14.3 Å². The fourth-order valence-electron chi connectivity index (χ4n) is 4.45. The molecule has 1 fully saturated rings. The normalized spacial score (nSPS) is 22.1. The van der Waals surface area contributed by atoms with Gasteiger partial charge >= 0.3 is 5.97 Å². The Morgan fingerprint density at radius 2 is 1.66 bits per heavy atom. The molecule has 0 aliphatic carbocycles. The molecule has 0 spiro atoms. The number of imidazole rings is 1. The first-order valence-electron chi connectivity index (χ1n) is 13.0. The molecule has 0 aromatic carbocycles. The van der Waals surface area contributed by atoms with Gasteiger partial charge in [-0.2, -0.15) is 0 Å². The fourth-order valence-corrected chi connectivity index (χ4v) is 4.45. The zero-order chi connectivity index (χ0) is 25.2. The lowest BCUT2D eigenvalue weighted by molar-refractivity contribution is -0.150. The predicted octanol–water partition coefficient (Wildman–Crippen LogP) is 3.37. The van der Waals surface area contributed by atoms with Gasteiger partial charge in [-0.3, -0.25) is 9.36 Å². The summed E-state index contributed by atoms with van der Waals surface area (Å²) in [5.74, 6) is 0.328. The molecule has 196 valence electrons. The van der Waals surface area contributed by atoms with Crippen LogP contribution < -0.4 is 4.90 Å². The van der Waals surface area contributed by atoms with Crippen molar-refractivity contribution in [1.82, 2.24) is 19.5 Å². The van der Waals surface area contributed by atoms with Crippen LogP contribution in [0.3, 0.4) is 0 Å². The molecule has 3 heterocycles. The van der Waals surface area contributed by atoms with Crippen LogP contribution in [0.15, 0.2) is 12.7 Å². The molecule has 0 unspecified atom stereocenters. The number of ether oxygens (including phenoxy) is 2. The number of hydrogen-bond acceptors (Lipinski definition) is 9. The summed E-state index contributed by atoms with van der Waals surface area (Å²) < 4.78 is 12.8. The molecule has 0 saturated carbocycles. The number of rotatable bonds is 15. The van der Waals surface area contributed by atoms with Gasteiger partial charge in [0.25, 0.3) is 0 Å². The Balaban J connectivity index is 1.39. The second-order valence-corrected chi connectivity index (χ2v) is 9.58. The van der Waals surface area contributed by atoms with Gasteiger partial charge in [-0.25, -0.2) is 15.0 Å². The van der Waals surface area contributed by atoms with Crippen molar-refractivity contribution >= 4 is 23.0 Å². The van der Waals surface area contributed by atoms with Crippen molar-refractivity contribution in [3.05, 3.63) is 12.7 Å². The molecule has 10 nitrogen and oxygen atoms in total. The Kier molecular flexibility index (Phi) is 10.7. The van der Waals surface area contributed by atoms with Gasteiger partial charge in [0.15, 0.2) is 23.2 Å². The third-order valence-electron chi connectivity index (χ3n) is 6.52. The molecule has 35 heavy (non-hydrogen) atoms. The van der Waals surface area contributed by atoms with Crippen LogP contribution in [0.2, 0.25) is 0 Å². The maximum atomic E-state index is 12.2. The lowest BCUT2D eigenvalue weighted by Gasteiger charge is -2.17. The maximum Gasteiger partial charge on any atom is 0.305 e. The minimum atomic E-state index is -1.21. The Morgan fingerprint density at radius 1 is 1.00 bits per heavy atom. The Bertz CT molecular complexity index is 921. The molecule has 3 rings (SSSR count). The molecule has 2 aromatic rings. The van der Waals surface area contributed by atoms with Gasteiger partial charge < -0.3 is 24.6 Å². The van der Waals surface area contributed by atoms with E-state index in [1.165, 1.54) is 57.6 Å². The average Bonchev–Trinajstić information content (AvgIpc) is 3.39. The minimum absolute atomic E-state index is 0.115. The zero-order valence-electron chi connectivity index (χ0n) is 21.3. The quantitative estimate of drug-likeness (QED) is 0.285. The SMILES string of the molecule is CCCCCCCCCCCCC(=O)OC[C@H]1O[C@@H](n2cnc3c(N(C)C)ncnc32)[C@H](O)[C@@H]1O. The van der Waals surface area contributed by atoms with Gasteiger partial charge in [-0.15, -0.1) is 0 Å². The van der Waals surface area contributed by atoms with E-state index in [9.17, 15) is 15.0 Å². The maximum absolute atomic E-state index is 12.2. The van der Waals surface area contributed by atoms with Crippen molar-refractivity contribution in [2.45, 2.75) is 102 Å². The summed E-state index contributed by atoms with van der Waals surface area (Å²) in [5.41, 5.74) is 1.05. The number of esters is 1. The van der Waals surface area contributed by atoms with Crippen LogP contribution in [0.25, 0.3) is 11.2 Å². The van der Waals surface area contributed by atoms with Gasteiger partial charge in [0.05, 0.1) is 6.33 Å². The summed E-state index contributed by atoms with van der Waals surface area (Å²) >= 11 is 0. The molecule has 0 radical (unpaired) electrons. The van der Waals surface area contributed by atoms with Crippen LogP contribution in [0, 0.1) is 0 Å². The molecule has 1 saturated heterocycles. The molecule has 0 amide bonds. The smallest absolute Gasteiger partial charge is 0.305 e. The summed E-state index contributed by atoms with van der Waals surface area (Å²) in [6.45, 7) is 2.11. The van der Waals surface area contributed by atoms with E-state index in [1.54, 1.807) is 4.57 Å². The fraction of sp³-hybridized carbons (Fsp3) is 0.760. The number of aliphatic hydroxyl groups excluding tert-OH is 2. The molecular formula is C25H41N5O5. The van der Waals surface area contributed by atoms with E-state index in [0.29, 0.717) is 23.4 Å². The van der Waals surface area contributed by atoms with Gasteiger partial charge in [0, 0.05) is 20.5 Å². The first-order chi connectivity index (χ1) is 16.9. The van der Waals surface area contributed by atoms with E-state index < -0.39 is 24.5 Å².